The van der Waals surface area contributed by atoms with Crippen LogP contribution in [0, 0.1) is 0 Å². The largest absolute Gasteiger partial charge is 0.334 e. The summed E-state index contributed by atoms with van der Waals surface area (Å²) in [6, 6.07) is 0. The third-order valence-electron chi connectivity index (χ3n) is 3.88. The average molecular weight is 312 g/mol. The highest BCUT2D eigenvalue weighted by Gasteiger charge is 2.36. The van der Waals surface area contributed by atoms with Crippen LogP contribution in [0.15, 0.2) is 16.9 Å². The molecule has 0 radical (unpaired) electrons. The standard InChI is InChI=1S/C14H21N5O.ClH/c1-13(2,3)19-9-10(8-16-19)11-17-12(18-20-11)14(15)6-4-5-7-14;/h8-9H,4-7,15H2,1-3H3;1H. The summed E-state index contributed by atoms with van der Waals surface area (Å²) in [5.41, 5.74) is 6.69. The van der Waals surface area contributed by atoms with Crippen molar-refractivity contribution in [2.24, 2.45) is 5.73 Å². The van der Waals surface area contributed by atoms with Gasteiger partial charge in [0.1, 0.15) is 0 Å². The SMILES string of the molecule is CC(C)(C)n1cc(-c2nc(C3(N)CCCC3)no2)cn1.Cl. The highest BCUT2D eigenvalue weighted by Crippen LogP contribution is 2.35. The normalized spacial score (nSPS) is 17.7. The van der Waals surface area contributed by atoms with Crippen LogP contribution in [0.4, 0.5) is 0 Å². The van der Waals surface area contributed by atoms with Gasteiger partial charge >= 0.3 is 0 Å². The number of hydrogen-bond donors (Lipinski definition) is 1. The summed E-state index contributed by atoms with van der Waals surface area (Å²) in [6.45, 7) is 6.28. The zero-order valence-corrected chi connectivity index (χ0v) is 13.5. The highest BCUT2D eigenvalue weighted by molar-refractivity contribution is 5.85. The minimum absolute atomic E-state index is 0. The highest BCUT2D eigenvalue weighted by atomic mass is 35.5. The predicted molar refractivity (Wildman–Crippen MR) is 82.1 cm³/mol. The first-order valence-electron chi connectivity index (χ1n) is 7.07. The van der Waals surface area contributed by atoms with Gasteiger partial charge in [0, 0.05) is 6.20 Å². The summed E-state index contributed by atoms with van der Waals surface area (Å²) in [5, 5.41) is 8.42. The van der Waals surface area contributed by atoms with Gasteiger partial charge in [0.05, 0.1) is 22.8 Å². The fourth-order valence-electron chi connectivity index (χ4n) is 2.57. The van der Waals surface area contributed by atoms with Gasteiger partial charge in [-0.05, 0) is 33.6 Å². The fourth-order valence-corrected chi connectivity index (χ4v) is 2.57. The second-order valence-electron chi connectivity index (χ2n) is 6.63. The maximum Gasteiger partial charge on any atom is 0.261 e. The van der Waals surface area contributed by atoms with Crippen molar-refractivity contribution in [2.75, 3.05) is 0 Å². The van der Waals surface area contributed by atoms with Crippen LogP contribution in [0.1, 0.15) is 52.3 Å². The third kappa shape index (κ3) is 2.96. The van der Waals surface area contributed by atoms with Crippen molar-refractivity contribution >= 4 is 12.4 Å². The molecule has 116 valence electrons. The van der Waals surface area contributed by atoms with Crippen LogP contribution in [-0.2, 0) is 11.1 Å². The predicted octanol–water partition coefficient (Wildman–Crippen LogP) is 2.84. The summed E-state index contributed by atoms with van der Waals surface area (Å²) in [5.74, 6) is 1.11. The summed E-state index contributed by atoms with van der Waals surface area (Å²) in [4.78, 5) is 4.47. The van der Waals surface area contributed by atoms with Gasteiger partial charge in [-0.3, -0.25) is 4.68 Å². The molecule has 0 unspecified atom stereocenters. The first-order chi connectivity index (χ1) is 9.38. The molecule has 0 spiro atoms. The zero-order chi connectivity index (χ0) is 14.4. The molecule has 0 aromatic carbocycles. The maximum absolute atomic E-state index is 6.34. The minimum atomic E-state index is -0.415. The number of hydrogen-bond acceptors (Lipinski definition) is 5. The first-order valence-corrected chi connectivity index (χ1v) is 7.07. The van der Waals surface area contributed by atoms with Crippen molar-refractivity contribution in [1.29, 1.82) is 0 Å². The lowest BCUT2D eigenvalue weighted by Gasteiger charge is -2.18. The lowest BCUT2D eigenvalue weighted by Crippen LogP contribution is -2.34. The Balaban J connectivity index is 0.00000161. The molecule has 0 atom stereocenters. The molecule has 2 aromatic heterocycles. The van der Waals surface area contributed by atoms with Crippen molar-refractivity contribution in [3.8, 4) is 11.5 Å². The second-order valence-corrected chi connectivity index (χ2v) is 6.63. The molecule has 3 rings (SSSR count). The molecule has 1 aliphatic rings. The molecule has 1 aliphatic carbocycles. The molecule has 21 heavy (non-hydrogen) atoms. The molecule has 2 heterocycles. The molecule has 0 saturated heterocycles. The summed E-state index contributed by atoms with van der Waals surface area (Å²) < 4.78 is 7.25. The minimum Gasteiger partial charge on any atom is -0.334 e. The van der Waals surface area contributed by atoms with E-state index in [1.54, 1.807) is 6.20 Å². The summed E-state index contributed by atoms with van der Waals surface area (Å²) >= 11 is 0. The van der Waals surface area contributed by atoms with Crippen LogP contribution in [0.2, 0.25) is 0 Å². The number of rotatable bonds is 2. The Morgan fingerprint density at radius 2 is 1.95 bits per heavy atom. The lowest BCUT2D eigenvalue weighted by atomic mass is 9.99. The van der Waals surface area contributed by atoms with Gasteiger partial charge in [-0.15, -0.1) is 12.4 Å². The van der Waals surface area contributed by atoms with Crippen molar-refractivity contribution in [2.45, 2.75) is 57.5 Å². The maximum atomic E-state index is 6.34. The molecule has 1 fully saturated rings. The van der Waals surface area contributed by atoms with E-state index in [0.29, 0.717) is 11.7 Å². The van der Waals surface area contributed by atoms with Gasteiger partial charge in [0.25, 0.3) is 5.89 Å². The van der Waals surface area contributed by atoms with Crippen LogP contribution in [-0.4, -0.2) is 19.9 Å². The van der Waals surface area contributed by atoms with Crippen LogP contribution < -0.4 is 5.73 Å². The summed E-state index contributed by atoms with van der Waals surface area (Å²) in [7, 11) is 0. The molecule has 1 saturated carbocycles. The first kappa shape index (κ1) is 16.0. The van der Waals surface area contributed by atoms with Gasteiger partial charge in [0.2, 0.25) is 0 Å². The Hall–Kier alpha value is -1.40. The molecule has 0 aliphatic heterocycles. The van der Waals surface area contributed by atoms with E-state index >= 15 is 0 Å². The Kier molecular flexibility index (Phi) is 4.13. The topological polar surface area (TPSA) is 82.8 Å². The van der Waals surface area contributed by atoms with E-state index in [2.05, 4.69) is 36.0 Å². The van der Waals surface area contributed by atoms with E-state index in [0.717, 1.165) is 31.2 Å². The van der Waals surface area contributed by atoms with E-state index in [1.165, 1.54) is 0 Å². The average Bonchev–Trinajstić information content (AvgIpc) is 3.07. The fraction of sp³-hybridized carbons (Fsp3) is 0.643. The van der Waals surface area contributed by atoms with E-state index in [-0.39, 0.29) is 17.9 Å². The van der Waals surface area contributed by atoms with E-state index < -0.39 is 5.54 Å². The van der Waals surface area contributed by atoms with Crippen LogP contribution >= 0.6 is 12.4 Å². The van der Waals surface area contributed by atoms with Crippen molar-refractivity contribution in [3.63, 3.8) is 0 Å². The van der Waals surface area contributed by atoms with Gasteiger partial charge in [-0.25, -0.2) is 0 Å². The number of halogens is 1. The van der Waals surface area contributed by atoms with E-state index in [4.69, 9.17) is 10.3 Å². The van der Waals surface area contributed by atoms with Crippen molar-refractivity contribution in [3.05, 3.63) is 18.2 Å². The van der Waals surface area contributed by atoms with Gasteiger partial charge in [-0.1, -0.05) is 18.0 Å². The van der Waals surface area contributed by atoms with Crippen molar-refractivity contribution in [1.82, 2.24) is 19.9 Å². The number of nitrogens with two attached hydrogens (primary N) is 1. The smallest absolute Gasteiger partial charge is 0.261 e. The zero-order valence-electron chi connectivity index (χ0n) is 12.7. The quantitative estimate of drug-likeness (QED) is 0.922. The Labute approximate surface area is 130 Å². The molecule has 6 nitrogen and oxygen atoms in total. The van der Waals surface area contributed by atoms with Crippen molar-refractivity contribution < 1.29 is 4.52 Å². The third-order valence-corrected chi connectivity index (χ3v) is 3.88. The van der Waals surface area contributed by atoms with E-state index in [9.17, 15) is 0 Å². The lowest BCUT2D eigenvalue weighted by molar-refractivity contribution is 0.355. The second kappa shape index (κ2) is 5.42. The number of aromatic nitrogens is 4. The Morgan fingerprint density at radius 3 is 2.52 bits per heavy atom. The molecular weight excluding hydrogens is 290 g/mol. The molecule has 0 bridgehead atoms. The molecule has 7 heteroatoms. The van der Waals surface area contributed by atoms with Crippen LogP contribution in [0.3, 0.4) is 0 Å². The molecule has 2 N–H and O–H groups in total. The molecule has 0 amide bonds. The molecule has 2 aromatic rings. The Morgan fingerprint density at radius 1 is 1.29 bits per heavy atom. The summed E-state index contributed by atoms with van der Waals surface area (Å²) in [6.07, 6.45) is 7.78. The van der Waals surface area contributed by atoms with Gasteiger partial charge < -0.3 is 10.3 Å². The van der Waals surface area contributed by atoms with Crippen LogP contribution in [0.25, 0.3) is 11.5 Å². The molecular formula is C14H22ClN5O. The monoisotopic (exact) mass is 311 g/mol. The van der Waals surface area contributed by atoms with Gasteiger partial charge in [0.15, 0.2) is 5.82 Å². The van der Waals surface area contributed by atoms with E-state index in [1.807, 2.05) is 10.9 Å². The number of nitrogens with zero attached hydrogens (tertiary/aromatic N) is 4. The Bertz CT molecular complexity index is 607. The van der Waals surface area contributed by atoms with Gasteiger partial charge in [-0.2, -0.15) is 10.1 Å². The van der Waals surface area contributed by atoms with Crippen LogP contribution in [0.5, 0.6) is 0 Å².